The van der Waals surface area contributed by atoms with Crippen LogP contribution in [-0.4, -0.2) is 29.2 Å². The smallest absolute Gasteiger partial charge is 0.258 e. The zero-order chi connectivity index (χ0) is 15.4. The van der Waals surface area contributed by atoms with E-state index in [2.05, 4.69) is 27.2 Å². The Balaban J connectivity index is 1.67. The van der Waals surface area contributed by atoms with E-state index in [1.54, 1.807) is 24.3 Å². The number of fused-ring (bicyclic) bond motifs is 1. The van der Waals surface area contributed by atoms with Crippen molar-refractivity contribution in [3.05, 3.63) is 48.8 Å². The topological polar surface area (TPSA) is 85.4 Å². The second kappa shape index (κ2) is 6.13. The number of hydrogen-bond donors (Lipinski definition) is 2. The summed E-state index contributed by atoms with van der Waals surface area (Å²) in [4.78, 5) is 20.3. The van der Waals surface area contributed by atoms with E-state index in [1.807, 2.05) is 0 Å². The Morgan fingerprint density at radius 3 is 2.82 bits per heavy atom. The molecule has 0 saturated heterocycles. The number of carbonyl (C=O) groups is 1. The normalized spacial score (nSPS) is 11.8. The second-order valence-electron chi connectivity index (χ2n) is 4.49. The Morgan fingerprint density at radius 2 is 2.05 bits per heavy atom. The number of aromatic nitrogens is 2. The number of nitrogens with one attached hydrogen (secondary N) is 2. The molecule has 0 unspecified atom stereocenters. The quantitative estimate of drug-likeness (QED) is 0.822. The minimum atomic E-state index is -0.297. The second-order valence-corrected chi connectivity index (χ2v) is 4.49. The fraction of sp³-hybridized carbons (Fsp3) is 0.133. The Morgan fingerprint density at radius 1 is 1.27 bits per heavy atom. The Hall–Kier alpha value is -3.09. The van der Waals surface area contributed by atoms with Gasteiger partial charge in [0.15, 0.2) is 11.5 Å². The predicted molar refractivity (Wildman–Crippen MR) is 81.2 cm³/mol. The molecule has 0 spiro atoms. The number of benzene rings is 1. The van der Waals surface area contributed by atoms with Gasteiger partial charge in [0.1, 0.15) is 0 Å². The van der Waals surface area contributed by atoms with Crippen LogP contribution < -0.4 is 20.1 Å². The largest absolute Gasteiger partial charge is 0.454 e. The van der Waals surface area contributed by atoms with E-state index in [0.717, 1.165) is 0 Å². The van der Waals surface area contributed by atoms with Crippen LogP contribution in [0.15, 0.2) is 43.2 Å². The third kappa shape index (κ3) is 2.98. The van der Waals surface area contributed by atoms with Gasteiger partial charge in [-0.1, -0.05) is 6.08 Å². The molecule has 1 amide bonds. The summed E-state index contributed by atoms with van der Waals surface area (Å²) in [5.41, 5.74) is 0.977. The van der Waals surface area contributed by atoms with Gasteiger partial charge < -0.3 is 20.1 Å². The highest BCUT2D eigenvalue weighted by molar-refractivity contribution is 6.04. The number of nitrogens with zero attached hydrogens (tertiary/aromatic N) is 2. The van der Waals surface area contributed by atoms with Crippen LogP contribution in [0, 0.1) is 0 Å². The van der Waals surface area contributed by atoms with E-state index in [0.29, 0.717) is 35.2 Å². The van der Waals surface area contributed by atoms with Gasteiger partial charge in [0.2, 0.25) is 12.7 Å². The van der Waals surface area contributed by atoms with Crippen molar-refractivity contribution in [2.24, 2.45) is 0 Å². The maximum Gasteiger partial charge on any atom is 0.258 e. The molecule has 7 nitrogen and oxygen atoms in total. The molecule has 0 radical (unpaired) electrons. The third-order valence-electron chi connectivity index (χ3n) is 2.95. The summed E-state index contributed by atoms with van der Waals surface area (Å²) in [7, 11) is 0. The molecule has 1 aromatic carbocycles. The van der Waals surface area contributed by atoms with Crippen molar-refractivity contribution in [1.29, 1.82) is 0 Å². The molecule has 112 valence electrons. The van der Waals surface area contributed by atoms with Gasteiger partial charge in [-0.3, -0.25) is 4.79 Å². The van der Waals surface area contributed by atoms with Gasteiger partial charge >= 0.3 is 0 Å². The lowest BCUT2D eigenvalue weighted by Gasteiger charge is -2.06. The van der Waals surface area contributed by atoms with Gasteiger partial charge in [-0.2, -0.15) is 0 Å². The lowest BCUT2D eigenvalue weighted by atomic mass is 10.2. The zero-order valence-corrected chi connectivity index (χ0v) is 11.7. The van der Waals surface area contributed by atoms with Crippen molar-refractivity contribution in [3.63, 3.8) is 0 Å². The first-order valence-electron chi connectivity index (χ1n) is 6.64. The molecule has 22 heavy (non-hydrogen) atoms. The van der Waals surface area contributed by atoms with E-state index in [1.165, 1.54) is 12.4 Å². The fourth-order valence-corrected chi connectivity index (χ4v) is 1.88. The van der Waals surface area contributed by atoms with Crippen LogP contribution in [0.25, 0.3) is 0 Å². The van der Waals surface area contributed by atoms with Crippen molar-refractivity contribution in [3.8, 4) is 11.5 Å². The van der Waals surface area contributed by atoms with Gasteiger partial charge in [-0.05, 0) is 12.1 Å². The number of ether oxygens (including phenoxy) is 2. The average Bonchev–Trinajstić information content (AvgIpc) is 3.01. The molecule has 0 fully saturated rings. The summed E-state index contributed by atoms with van der Waals surface area (Å²) in [6, 6.07) is 5.20. The van der Waals surface area contributed by atoms with Crippen LogP contribution >= 0.6 is 0 Å². The Kier molecular flexibility index (Phi) is 3.86. The minimum absolute atomic E-state index is 0.194. The number of hydrogen-bond acceptors (Lipinski definition) is 6. The summed E-state index contributed by atoms with van der Waals surface area (Å²) in [6.07, 6.45) is 4.62. The summed E-state index contributed by atoms with van der Waals surface area (Å²) >= 11 is 0. The van der Waals surface area contributed by atoms with E-state index in [9.17, 15) is 4.79 Å². The van der Waals surface area contributed by atoms with Crippen LogP contribution in [0.2, 0.25) is 0 Å². The molecule has 2 heterocycles. The van der Waals surface area contributed by atoms with Crippen LogP contribution in [0.4, 0.5) is 11.6 Å². The SMILES string of the molecule is C=CCNc1ncc(C(=O)Nc2ccc3c(c2)OCO3)cn1. The number of rotatable bonds is 5. The highest BCUT2D eigenvalue weighted by atomic mass is 16.7. The molecule has 7 heteroatoms. The summed E-state index contributed by atoms with van der Waals surface area (Å²) in [5.74, 6) is 1.42. The van der Waals surface area contributed by atoms with Crippen LogP contribution in [-0.2, 0) is 0 Å². The maximum absolute atomic E-state index is 12.1. The highest BCUT2D eigenvalue weighted by Gasteiger charge is 2.15. The van der Waals surface area contributed by atoms with E-state index in [-0.39, 0.29) is 12.7 Å². The first-order chi connectivity index (χ1) is 10.8. The highest BCUT2D eigenvalue weighted by Crippen LogP contribution is 2.34. The molecular weight excluding hydrogens is 284 g/mol. The molecule has 0 aliphatic carbocycles. The number of anilines is 2. The lowest BCUT2D eigenvalue weighted by molar-refractivity contribution is 0.102. The molecule has 0 bridgehead atoms. The van der Waals surface area contributed by atoms with Gasteiger partial charge in [0.05, 0.1) is 5.56 Å². The predicted octanol–water partition coefficient (Wildman–Crippen LogP) is 2.06. The van der Waals surface area contributed by atoms with Crippen LogP contribution in [0.5, 0.6) is 11.5 Å². The van der Waals surface area contributed by atoms with Crippen molar-refractivity contribution < 1.29 is 14.3 Å². The summed E-state index contributed by atoms with van der Waals surface area (Å²) < 4.78 is 10.5. The standard InChI is InChI=1S/C15H14N4O3/c1-2-5-16-15-17-7-10(8-18-15)14(20)19-11-3-4-12-13(6-11)22-9-21-12/h2-4,6-8H,1,5,9H2,(H,19,20)(H,16,17,18). The molecule has 2 aromatic rings. The molecule has 1 aliphatic rings. The van der Waals surface area contributed by atoms with Gasteiger partial charge in [-0.25, -0.2) is 9.97 Å². The summed E-state index contributed by atoms with van der Waals surface area (Å²) in [6.45, 7) is 4.34. The molecule has 1 aliphatic heterocycles. The molecular formula is C15H14N4O3. The van der Waals surface area contributed by atoms with Crippen molar-refractivity contribution in [1.82, 2.24) is 9.97 Å². The van der Waals surface area contributed by atoms with Crippen LogP contribution in [0.3, 0.4) is 0 Å². The molecule has 2 N–H and O–H groups in total. The first kappa shape index (κ1) is 13.9. The Bertz CT molecular complexity index is 700. The number of carbonyl (C=O) groups excluding carboxylic acids is 1. The van der Waals surface area contributed by atoms with Gasteiger partial charge in [-0.15, -0.1) is 6.58 Å². The van der Waals surface area contributed by atoms with Crippen molar-refractivity contribution >= 4 is 17.5 Å². The van der Waals surface area contributed by atoms with Crippen LogP contribution in [0.1, 0.15) is 10.4 Å². The van der Waals surface area contributed by atoms with Gasteiger partial charge in [0, 0.05) is 30.7 Å². The van der Waals surface area contributed by atoms with Crippen molar-refractivity contribution in [2.45, 2.75) is 0 Å². The van der Waals surface area contributed by atoms with Crippen molar-refractivity contribution in [2.75, 3.05) is 24.0 Å². The average molecular weight is 298 g/mol. The monoisotopic (exact) mass is 298 g/mol. The molecule has 0 atom stereocenters. The third-order valence-corrected chi connectivity index (χ3v) is 2.95. The molecule has 1 aromatic heterocycles. The fourth-order valence-electron chi connectivity index (χ4n) is 1.88. The maximum atomic E-state index is 12.1. The minimum Gasteiger partial charge on any atom is -0.454 e. The Labute approximate surface area is 127 Å². The van der Waals surface area contributed by atoms with E-state index in [4.69, 9.17) is 9.47 Å². The first-order valence-corrected chi connectivity index (χ1v) is 6.64. The van der Waals surface area contributed by atoms with Gasteiger partial charge in [0.25, 0.3) is 5.91 Å². The molecule has 3 rings (SSSR count). The lowest BCUT2D eigenvalue weighted by Crippen LogP contribution is -2.13. The summed E-state index contributed by atoms with van der Waals surface area (Å²) in [5, 5.41) is 5.70. The molecule has 0 saturated carbocycles. The van der Waals surface area contributed by atoms with E-state index >= 15 is 0 Å². The number of amides is 1. The zero-order valence-electron chi connectivity index (χ0n) is 11.7. The van der Waals surface area contributed by atoms with E-state index < -0.39 is 0 Å².